The van der Waals surface area contributed by atoms with E-state index >= 15 is 0 Å². The summed E-state index contributed by atoms with van der Waals surface area (Å²) in [4.78, 5) is 0. The Labute approximate surface area is 52.2 Å². The molecule has 1 N–H and O–H groups in total. The molecule has 0 aromatic rings. The molecule has 0 aliphatic heterocycles. The van der Waals surface area contributed by atoms with Gasteiger partial charge in [-0.2, -0.15) is 0 Å². The lowest BCUT2D eigenvalue weighted by molar-refractivity contribution is 0.289. The highest BCUT2D eigenvalue weighted by molar-refractivity contribution is 9.11. The highest BCUT2D eigenvalue weighted by atomic mass is 79.9. The second-order valence-corrected chi connectivity index (χ2v) is 2.47. The van der Waals surface area contributed by atoms with E-state index in [0.717, 1.165) is 17.3 Å². The molecule has 0 aromatic carbocycles. The Morgan fingerprint density at radius 2 is 2.29 bits per heavy atom. The molecule has 0 bridgehead atoms. The van der Waals surface area contributed by atoms with Gasteiger partial charge < -0.3 is 5.11 Å². The largest absolute Gasteiger partial charge is 0.396 e. The van der Waals surface area contributed by atoms with E-state index in [-0.39, 0.29) is 6.61 Å². The number of hydrogen-bond acceptors (Lipinski definition) is 1. The first-order chi connectivity index (χ1) is 3.27. The Hall–Kier alpha value is 0.180. The molecule has 42 valence electrons. The van der Waals surface area contributed by atoms with E-state index in [9.17, 15) is 0 Å². The first kappa shape index (κ1) is 7.18. The number of rotatable bonds is 3. The lowest BCUT2D eigenvalue weighted by Gasteiger charge is -1.89. The van der Waals surface area contributed by atoms with Crippen LogP contribution in [0.3, 0.4) is 0 Å². The summed E-state index contributed by atoms with van der Waals surface area (Å²) in [5.74, 6) is 0. The van der Waals surface area contributed by atoms with Gasteiger partial charge >= 0.3 is 0 Å². The van der Waals surface area contributed by atoms with E-state index < -0.39 is 0 Å². The predicted octanol–water partition coefficient (Wildman–Crippen LogP) is 1.67. The van der Waals surface area contributed by atoms with E-state index in [4.69, 9.17) is 5.11 Å². The number of halogens is 1. The van der Waals surface area contributed by atoms with E-state index in [1.165, 1.54) is 0 Å². The Morgan fingerprint density at radius 1 is 1.71 bits per heavy atom. The van der Waals surface area contributed by atoms with Crippen LogP contribution in [0.5, 0.6) is 0 Å². The summed E-state index contributed by atoms with van der Waals surface area (Å²) in [7, 11) is 0. The van der Waals surface area contributed by atoms with Crippen molar-refractivity contribution in [2.75, 3.05) is 6.61 Å². The predicted molar refractivity (Wildman–Crippen MR) is 34.4 cm³/mol. The first-order valence-corrected chi connectivity index (χ1v) is 3.01. The van der Waals surface area contributed by atoms with Crippen molar-refractivity contribution in [3.63, 3.8) is 0 Å². The molecule has 0 atom stereocenters. The van der Waals surface area contributed by atoms with Crippen LogP contribution in [0.4, 0.5) is 0 Å². The fraction of sp³-hybridized carbons (Fsp3) is 0.600. The van der Waals surface area contributed by atoms with Gasteiger partial charge in [0.2, 0.25) is 0 Å². The number of hydrogen-bond donors (Lipinski definition) is 1. The molecule has 0 spiro atoms. The summed E-state index contributed by atoms with van der Waals surface area (Å²) in [5, 5.41) is 8.25. The Morgan fingerprint density at radius 3 is 2.43 bits per heavy atom. The van der Waals surface area contributed by atoms with Crippen molar-refractivity contribution < 1.29 is 5.11 Å². The zero-order valence-electron chi connectivity index (χ0n) is 4.15. The van der Waals surface area contributed by atoms with Crippen LogP contribution in [0.25, 0.3) is 0 Å². The second-order valence-electron chi connectivity index (χ2n) is 1.34. The molecule has 1 nitrogen and oxygen atoms in total. The third-order valence-electron chi connectivity index (χ3n) is 0.606. The van der Waals surface area contributed by atoms with Crippen molar-refractivity contribution in [3.05, 3.63) is 11.1 Å². The van der Waals surface area contributed by atoms with Crippen molar-refractivity contribution in [1.82, 2.24) is 0 Å². The van der Waals surface area contributed by atoms with Crippen molar-refractivity contribution in [3.8, 4) is 0 Å². The van der Waals surface area contributed by atoms with Crippen LogP contribution >= 0.6 is 15.9 Å². The molecule has 0 aliphatic carbocycles. The zero-order valence-corrected chi connectivity index (χ0v) is 5.74. The summed E-state index contributed by atoms with van der Waals surface area (Å²) < 4.78 is 0.960. The topological polar surface area (TPSA) is 20.2 Å². The molecule has 0 amide bonds. The SMILES string of the molecule is C=C(Br)CCCO. The van der Waals surface area contributed by atoms with Gasteiger partial charge in [0.15, 0.2) is 0 Å². The lowest BCUT2D eigenvalue weighted by Crippen LogP contribution is -1.79. The molecule has 0 saturated carbocycles. The summed E-state index contributed by atoms with van der Waals surface area (Å²) >= 11 is 3.17. The summed E-state index contributed by atoms with van der Waals surface area (Å²) in [5.41, 5.74) is 0. The number of aliphatic hydroxyl groups is 1. The van der Waals surface area contributed by atoms with Gasteiger partial charge in [-0.1, -0.05) is 22.5 Å². The molecule has 0 unspecified atom stereocenters. The highest BCUT2D eigenvalue weighted by Gasteiger charge is 1.83. The van der Waals surface area contributed by atoms with Crippen LogP contribution in [0.15, 0.2) is 11.1 Å². The van der Waals surface area contributed by atoms with Gasteiger partial charge in [-0.05, 0) is 17.3 Å². The fourth-order valence-electron chi connectivity index (χ4n) is 0.271. The third-order valence-corrected chi connectivity index (χ3v) is 1.00. The van der Waals surface area contributed by atoms with E-state index in [2.05, 4.69) is 22.5 Å². The standard InChI is InChI=1S/C5H9BrO/c1-5(6)3-2-4-7/h7H,1-4H2. The minimum absolute atomic E-state index is 0.255. The maximum atomic E-state index is 8.25. The average molecular weight is 165 g/mol. The van der Waals surface area contributed by atoms with Gasteiger partial charge in [0, 0.05) is 6.61 Å². The van der Waals surface area contributed by atoms with Crippen molar-refractivity contribution in [2.24, 2.45) is 0 Å². The summed E-state index contributed by atoms with van der Waals surface area (Å²) in [6, 6.07) is 0. The van der Waals surface area contributed by atoms with Crippen molar-refractivity contribution >= 4 is 15.9 Å². The fourth-order valence-corrected chi connectivity index (χ4v) is 0.551. The molecule has 0 heterocycles. The Bertz CT molecular complexity index is 61.1. The summed E-state index contributed by atoms with van der Waals surface area (Å²) in [6.07, 6.45) is 1.68. The van der Waals surface area contributed by atoms with Crippen LogP contribution in [0.2, 0.25) is 0 Å². The molecule has 0 radical (unpaired) electrons. The molecule has 2 heteroatoms. The average Bonchev–Trinajstić information content (AvgIpc) is 1.61. The number of aliphatic hydroxyl groups excluding tert-OH is 1. The Kier molecular flexibility index (Phi) is 4.45. The van der Waals surface area contributed by atoms with Crippen molar-refractivity contribution in [2.45, 2.75) is 12.8 Å². The quantitative estimate of drug-likeness (QED) is 0.674. The van der Waals surface area contributed by atoms with Gasteiger partial charge in [-0.3, -0.25) is 0 Å². The van der Waals surface area contributed by atoms with Gasteiger partial charge in [-0.15, -0.1) is 0 Å². The van der Waals surface area contributed by atoms with Gasteiger partial charge in [0.25, 0.3) is 0 Å². The Balaban J connectivity index is 2.82. The number of allylic oxidation sites excluding steroid dienone is 1. The normalized spacial score (nSPS) is 8.86. The van der Waals surface area contributed by atoms with Crippen LogP contribution in [0, 0.1) is 0 Å². The minimum Gasteiger partial charge on any atom is -0.396 e. The monoisotopic (exact) mass is 164 g/mol. The molecular formula is C5H9BrO. The molecular weight excluding hydrogens is 156 g/mol. The molecule has 0 aromatic heterocycles. The smallest absolute Gasteiger partial charge is 0.0434 e. The lowest BCUT2D eigenvalue weighted by atomic mass is 10.3. The van der Waals surface area contributed by atoms with Gasteiger partial charge in [0.1, 0.15) is 0 Å². The third kappa shape index (κ3) is 6.18. The first-order valence-electron chi connectivity index (χ1n) is 2.21. The molecule has 0 fully saturated rings. The van der Waals surface area contributed by atoms with Crippen LogP contribution in [-0.2, 0) is 0 Å². The highest BCUT2D eigenvalue weighted by Crippen LogP contribution is 2.07. The maximum Gasteiger partial charge on any atom is 0.0434 e. The van der Waals surface area contributed by atoms with Gasteiger partial charge in [-0.25, -0.2) is 0 Å². The van der Waals surface area contributed by atoms with Crippen LogP contribution < -0.4 is 0 Å². The van der Waals surface area contributed by atoms with Crippen molar-refractivity contribution in [1.29, 1.82) is 0 Å². The molecule has 0 rings (SSSR count). The molecule has 0 saturated heterocycles. The van der Waals surface area contributed by atoms with E-state index in [0.29, 0.717) is 0 Å². The zero-order chi connectivity index (χ0) is 5.70. The molecule has 0 aliphatic rings. The minimum atomic E-state index is 0.255. The summed E-state index contributed by atoms with van der Waals surface area (Å²) in [6.45, 7) is 3.85. The maximum absolute atomic E-state index is 8.25. The second kappa shape index (κ2) is 4.34. The van der Waals surface area contributed by atoms with E-state index in [1.807, 2.05) is 0 Å². The van der Waals surface area contributed by atoms with Crippen LogP contribution in [-0.4, -0.2) is 11.7 Å². The molecule has 7 heavy (non-hydrogen) atoms. The van der Waals surface area contributed by atoms with Crippen LogP contribution in [0.1, 0.15) is 12.8 Å². The van der Waals surface area contributed by atoms with E-state index in [1.54, 1.807) is 0 Å². The van der Waals surface area contributed by atoms with Gasteiger partial charge in [0.05, 0.1) is 0 Å².